The van der Waals surface area contributed by atoms with Crippen molar-refractivity contribution in [2.45, 2.75) is 38.8 Å². The molecule has 3 aromatic rings. The minimum atomic E-state index is 0.0103. The van der Waals surface area contributed by atoms with Crippen LogP contribution in [0.1, 0.15) is 48.1 Å². The molecule has 0 bridgehead atoms. The Morgan fingerprint density at radius 1 is 1.21 bits per heavy atom. The molecule has 1 aliphatic heterocycles. The van der Waals surface area contributed by atoms with Crippen LogP contribution in [0.3, 0.4) is 0 Å². The molecule has 28 heavy (non-hydrogen) atoms. The molecule has 146 valence electrons. The first kappa shape index (κ1) is 18.7. The molecule has 0 saturated carbocycles. The Bertz CT molecular complexity index is 965. The number of hydrogen-bond acceptors (Lipinski definition) is 5. The Balaban J connectivity index is 1.61. The Morgan fingerprint density at radius 2 is 2.04 bits per heavy atom. The predicted octanol–water partition coefficient (Wildman–Crippen LogP) is 5.07. The zero-order valence-electron chi connectivity index (χ0n) is 16.3. The molecule has 1 amide bonds. The van der Waals surface area contributed by atoms with E-state index >= 15 is 0 Å². The summed E-state index contributed by atoms with van der Waals surface area (Å²) in [6.45, 7) is 4.67. The molecule has 1 unspecified atom stereocenters. The summed E-state index contributed by atoms with van der Waals surface area (Å²) in [5.74, 6) is 1.24. The number of carbonyl (C=O) groups excluding carboxylic acids is 1. The third-order valence-electron chi connectivity index (χ3n) is 4.88. The molecular weight excluding hydrogens is 372 g/mol. The van der Waals surface area contributed by atoms with Crippen molar-refractivity contribution < 1.29 is 14.3 Å². The standard InChI is InChI=1S/C22H24N2O3S/c1-14(2)27-18-11-10-15(13-19(18)26-3)22(25)24-12-6-8-17(24)21-23-16-7-4-5-9-20(16)28-21/h4-5,7,9-11,13-14,17H,6,8,12H2,1-3H3. The van der Waals surface area contributed by atoms with E-state index in [-0.39, 0.29) is 18.1 Å². The molecule has 5 nitrogen and oxygen atoms in total. The van der Waals surface area contributed by atoms with E-state index in [2.05, 4.69) is 6.07 Å². The van der Waals surface area contributed by atoms with Crippen LogP contribution in [0, 0.1) is 0 Å². The maximum Gasteiger partial charge on any atom is 0.254 e. The van der Waals surface area contributed by atoms with Gasteiger partial charge in [-0.25, -0.2) is 4.98 Å². The van der Waals surface area contributed by atoms with E-state index in [9.17, 15) is 4.79 Å². The minimum Gasteiger partial charge on any atom is -0.493 e. The van der Waals surface area contributed by atoms with E-state index in [0.29, 0.717) is 17.1 Å². The summed E-state index contributed by atoms with van der Waals surface area (Å²) >= 11 is 1.68. The largest absolute Gasteiger partial charge is 0.493 e. The van der Waals surface area contributed by atoms with Crippen LogP contribution in [0.4, 0.5) is 0 Å². The van der Waals surface area contributed by atoms with Crippen LogP contribution in [0.15, 0.2) is 42.5 Å². The highest BCUT2D eigenvalue weighted by molar-refractivity contribution is 7.18. The van der Waals surface area contributed by atoms with Crippen LogP contribution in [0.5, 0.6) is 11.5 Å². The van der Waals surface area contributed by atoms with Gasteiger partial charge in [0.15, 0.2) is 11.5 Å². The number of nitrogens with zero attached hydrogens (tertiary/aromatic N) is 2. The maximum atomic E-state index is 13.3. The first-order valence-corrected chi connectivity index (χ1v) is 10.4. The number of carbonyl (C=O) groups is 1. The molecule has 1 atom stereocenters. The summed E-state index contributed by atoms with van der Waals surface area (Å²) in [7, 11) is 1.59. The van der Waals surface area contributed by atoms with Crippen molar-refractivity contribution in [2.75, 3.05) is 13.7 Å². The normalized spacial score (nSPS) is 16.7. The molecule has 2 aromatic carbocycles. The third kappa shape index (κ3) is 3.56. The van der Waals surface area contributed by atoms with E-state index in [1.807, 2.05) is 49.1 Å². The summed E-state index contributed by atoms with van der Waals surface area (Å²) in [5, 5.41) is 1.01. The maximum absolute atomic E-state index is 13.3. The van der Waals surface area contributed by atoms with Crippen LogP contribution >= 0.6 is 11.3 Å². The highest BCUT2D eigenvalue weighted by Gasteiger charge is 2.33. The molecule has 4 rings (SSSR count). The molecule has 0 N–H and O–H groups in total. The van der Waals surface area contributed by atoms with Crippen molar-refractivity contribution in [1.29, 1.82) is 0 Å². The van der Waals surface area contributed by atoms with Gasteiger partial charge in [-0.3, -0.25) is 4.79 Å². The van der Waals surface area contributed by atoms with Crippen LogP contribution in [0.2, 0.25) is 0 Å². The lowest BCUT2D eigenvalue weighted by atomic mass is 10.1. The molecule has 6 heteroatoms. The molecule has 1 aliphatic rings. The Labute approximate surface area is 168 Å². The van der Waals surface area contributed by atoms with Crippen LogP contribution < -0.4 is 9.47 Å². The smallest absolute Gasteiger partial charge is 0.254 e. The van der Waals surface area contributed by atoms with Gasteiger partial charge in [0, 0.05) is 12.1 Å². The number of ether oxygens (including phenoxy) is 2. The number of amides is 1. The lowest BCUT2D eigenvalue weighted by molar-refractivity contribution is 0.0735. The van der Waals surface area contributed by atoms with Gasteiger partial charge in [-0.2, -0.15) is 0 Å². The van der Waals surface area contributed by atoms with Gasteiger partial charge in [-0.1, -0.05) is 12.1 Å². The number of aromatic nitrogens is 1. The van der Waals surface area contributed by atoms with Crippen LogP contribution in [-0.4, -0.2) is 35.5 Å². The summed E-state index contributed by atoms with van der Waals surface area (Å²) in [5.41, 5.74) is 1.61. The van der Waals surface area contributed by atoms with Crippen molar-refractivity contribution >= 4 is 27.5 Å². The number of thiazole rings is 1. The number of fused-ring (bicyclic) bond motifs is 1. The average molecular weight is 397 g/mol. The molecular formula is C22H24N2O3S. The van der Waals surface area contributed by atoms with Gasteiger partial charge in [-0.15, -0.1) is 11.3 Å². The van der Waals surface area contributed by atoms with Gasteiger partial charge < -0.3 is 14.4 Å². The van der Waals surface area contributed by atoms with Gasteiger partial charge in [0.2, 0.25) is 0 Å². The number of hydrogen-bond donors (Lipinski definition) is 0. The Hall–Kier alpha value is -2.60. The Morgan fingerprint density at radius 3 is 2.79 bits per heavy atom. The molecule has 0 aliphatic carbocycles. The van der Waals surface area contributed by atoms with E-state index in [4.69, 9.17) is 14.5 Å². The highest BCUT2D eigenvalue weighted by Crippen LogP contribution is 2.38. The lowest BCUT2D eigenvalue weighted by Crippen LogP contribution is -2.30. The van der Waals surface area contributed by atoms with Gasteiger partial charge in [0.25, 0.3) is 5.91 Å². The fourth-order valence-corrected chi connectivity index (χ4v) is 4.73. The molecule has 0 spiro atoms. The van der Waals surface area contributed by atoms with Crippen molar-refractivity contribution in [2.24, 2.45) is 0 Å². The van der Waals surface area contributed by atoms with Crippen molar-refractivity contribution in [3.63, 3.8) is 0 Å². The quantitative estimate of drug-likeness (QED) is 0.604. The van der Waals surface area contributed by atoms with Gasteiger partial charge >= 0.3 is 0 Å². The second-order valence-corrected chi connectivity index (χ2v) is 8.27. The third-order valence-corrected chi connectivity index (χ3v) is 6.02. The SMILES string of the molecule is COc1cc(C(=O)N2CCCC2c2nc3ccccc3s2)ccc1OC(C)C. The highest BCUT2D eigenvalue weighted by atomic mass is 32.1. The summed E-state index contributed by atoms with van der Waals surface area (Å²) < 4.78 is 12.4. The zero-order chi connectivity index (χ0) is 19.7. The second kappa shape index (κ2) is 7.80. The number of para-hydroxylation sites is 1. The molecule has 1 fully saturated rings. The van der Waals surface area contributed by atoms with Crippen LogP contribution in [0.25, 0.3) is 10.2 Å². The van der Waals surface area contributed by atoms with Gasteiger partial charge in [0.1, 0.15) is 5.01 Å². The summed E-state index contributed by atoms with van der Waals surface area (Å²) in [4.78, 5) is 20.0. The first-order chi connectivity index (χ1) is 13.6. The molecule has 2 heterocycles. The van der Waals surface area contributed by atoms with Crippen LogP contribution in [-0.2, 0) is 0 Å². The van der Waals surface area contributed by atoms with Gasteiger partial charge in [0.05, 0.1) is 29.5 Å². The Kier molecular flexibility index (Phi) is 5.22. The predicted molar refractivity (Wildman–Crippen MR) is 111 cm³/mol. The van der Waals surface area contributed by atoms with E-state index in [0.717, 1.165) is 34.6 Å². The van der Waals surface area contributed by atoms with E-state index in [1.165, 1.54) is 0 Å². The average Bonchev–Trinajstić information content (AvgIpc) is 3.33. The number of benzene rings is 2. The second-order valence-electron chi connectivity index (χ2n) is 7.21. The van der Waals surface area contributed by atoms with Crippen molar-refractivity contribution in [1.82, 2.24) is 9.88 Å². The molecule has 1 aromatic heterocycles. The van der Waals surface area contributed by atoms with Crippen molar-refractivity contribution in [3.05, 3.63) is 53.0 Å². The summed E-state index contributed by atoms with van der Waals surface area (Å²) in [6.07, 6.45) is 1.97. The lowest BCUT2D eigenvalue weighted by Gasteiger charge is -2.23. The number of likely N-dealkylation sites (tertiary alicyclic amines) is 1. The first-order valence-electron chi connectivity index (χ1n) is 9.58. The fourth-order valence-electron chi connectivity index (χ4n) is 3.62. The zero-order valence-corrected chi connectivity index (χ0v) is 17.2. The topological polar surface area (TPSA) is 51.7 Å². The van der Waals surface area contributed by atoms with E-state index < -0.39 is 0 Å². The number of methoxy groups -OCH3 is 1. The minimum absolute atomic E-state index is 0.0103. The molecule has 0 radical (unpaired) electrons. The monoisotopic (exact) mass is 396 g/mol. The van der Waals surface area contributed by atoms with Crippen molar-refractivity contribution in [3.8, 4) is 11.5 Å². The fraction of sp³-hybridized carbons (Fsp3) is 0.364. The van der Waals surface area contributed by atoms with E-state index in [1.54, 1.807) is 24.5 Å². The number of rotatable bonds is 5. The van der Waals surface area contributed by atoms with Gasteiger partial charge in [-0.05, 0) is 57.0 Å². The summed E-state index contributed by atoms with van der Waals surface area (Å²) in [6, 6.07) is 13.6. The molecule has 1 saturated heterocycles.